The van der Waals surface area contributed by atoms with Crippen molar-refractivity contribution in [2.24, 2.45) is 0 Å². The molecule has 1 unspecified atom stereocenters. The first kappa shape index (κ1) is 31.0. The van der Waals surface area contributed by atoms with E-state index in [0.717, 1.165) is 4.88 Å². The predicted octanol–water partition coefficient (Wildman–Crippen LogP) is 6.47. The lowest BCUT2D eigenvalue weighted by Crippen LogP contribution is -2.35. The molecule has 6 rings (SSSR count). The van der Waals surface area contributed by atoms with Crippen molar-refractivity contribution in [3.63, 3.8) is 0 Å². The molecule has 0 aliphatic carbocycles. The van der Waals surface area contributed by atoms with Gasteiger partial charge in [0.15, 0.2) is 11.7 Å². The maximum absolute atomic E-state index is 13.4. The highest BCUT2D eigenvalue weighted by Crippen LogP contribution is 2.31. The highest BCUT2D eigenvalue weighted by molar-refractivity contribution is 7.95. The van der Waals surface area contributed by atoms with Gasteiger partial charge in [-0.15, -0.1) is 11.3 Å². The number of aryl methyl sites for hydroxylation is 1. The van der Waals surface area contributed by atoms with Crippen molar-refractivity contribution >= 4 is 56.2 Å². The number of rotatable bonds is 10. The average molecular weight is 656 g/mol. The molecule has 0 saturated carbocycles. The smallest absolute Gasteiger partial charge is 0.325 e. The van der Waals surface area contributed by atoms with Crippen molar-refractivity contribution in [2.45, 2.75) is 18.4 Å². The molecule has 3 heterocycles. The fourth-order valence-corrected chi connectivity index (χ4v) is 6.96. The van der Waals surface area contributed by atoms with Crippen molar-refractivity contribution in [3.05, 3.63) is 114 Å². The fraction of sp³-hybridized carbons (Fsp3) is 0.152. The van der Waals surface area contributed by atoms with Gasteiger partial charge in [-0.1, -0.05) is 40.7 Å². The number of amides is 2. The fourth-order valence-electron chi connectivity index (χ4n) is 4.91. The lowest BCUT2D eigenvalue weighted by Gasteiger charge is -2.18. The van der Waals surface area contributed by atoms with E-state index in [1.54, 1.807) is 103 Å². The molecule has 46 heavy (non-hydrogen) atoms. The molecule has 1 atom stereocenters. The van der Waals surface area contributed by atoms with Crippen LogP contribution in [-0.2, 0) is 21.2 Å². The van der Waals surface area contributed by atoms with Crippen LogP contribution in [0, 0.1) is 6.92 Å². The van der Waals surface area contributed by atoms with Crippen LogP contribution in [0.15, 0.2) is 107 Å². The Morgan fingerprint density at radius 1 is 1.00 bits per heavy atom. The summed E-state index contributed by atoms with van der Waals surface area (Å²) in [7, 11) is -0.226. The van der Waals surface area contributed by atoms with Gasteiger partial charge in [0.2, 0.25) is 10.8 Å². The summed E-state index contributed by atoms with van der Waals surface area (Å²) < 4.78 is 33.0. The van der Waals surface area contributed by atoms with Gasteiger partial charge in [0.1, 0.15) is 0 Å². The summed E-state index contributed by atoms with van der Waals surface area (Å²) in [6.07, 6.45) is 1.62. The Morgan fingerprint density at radius 3 is 2.41 bits per heavy atom. The van der Waals surface area contributed by atoms with E-state index in [-0.39, 0.29) is 30.9 Å². The van der Waals surface area contributed by atoms with Crippen LogP contribution in [-0.4, -0.2) is 55.8 Å². The van der Waals surface area contributed by atoms with Crippen LogP contribution in [0.4, 0.5) is 11.6 Å². The standard InChI is InChI=1S/C33H30N6O5S2/c1-22-34-21-28(44-22)29-16-17-30(45-29)31(40)36-33-35-26-20-24(38(3)32(41)23-10-6-4-7-11-23)14-15-27(26)39(33)19-18-37(2)46(42,43)25-12-8-5-9-13-25/h4-17,20-21H,18-19H2,1-3H3,(H-,35,36,40,42,43)/p+1. The van der Waals surface area contributed by atoms with Crippen LogP contribution < -0.4 is 10.2 Å². The van der Waals surface area contributed by atoms with Crippen molar-refractivity contribution in [1.82, 2.24) is 18.8 Å². The van der Waals surface area contributed by atoms with E-state index in [0.29, 0.717) is 43.7 Å². The van der Waals surface area contributed by atoms with Crippen molar-refractivity contribution in [3.8, 4) is 10.6 Å². The third-order valence-electron chi connectivity index (χ3n) is 7.47. The van der Waals surface area contributed by atoms with Crippen molar-refractivity contribution in [2.75, 3.05) is 30.9 Å². The number of nitrogens with zero attached hydrogens (tertiary/aromatic N) is 5. The Labute approximate surface area is 270 Å². The van der Waals surface area contributed by atoms with E-state index in [2.05, 4.69) is 10.3 Å². The van der Waals surface area contributed by atoms with E-state index in [4.69, 9.17) is 9.40 Å². The van der Waals surface area contributed by atoms with E-state index in [1.807, 2.05) is 24.3 Å². The van der Waals surface area contributed by atoms with Gasteiger partial charge in [0, 0.05) is 38.8 Å². The number of aromatic nitrogens is 3. The Hall–Kier alpha value is -4.95. The van der Waals surface area contributed by atoms with Gasteiger partial charge in [-0.3, -0.25) is 14.9 Å². The number of carbonyl (C=O) groups is 2. The minimum Gasteiger partial charge on any atom is -0.440 e. The van der Waals surface area contributed by atoms with Crippen LogP contribution in [0.1, 0.15) is 25.9 Å². The molecule has 0 spiro atoms. The van der Waals surface area contributed by atoms with E-state index in [1.165, 1.54) is 15.6 Å². The molecule has 234 valence electrons. The highest BCUT2D eigenvalue weighted by Gasteiger charge is 2.35. The van der Waals surface area contributed by atoms with Gasteiger partial charge in [0.05, 0.1) is 33.5 Å². The number of nitrogens with one attached hydrogen (secondary N) is 1. The normalized spacial score (nSPS) is 12.7. The first-order chi connectivity index (χ1) is 22.1. The van der Waals surface area contributed by atoms with Crippen molar-refractivity contribution in [1.29, 1.82) is 0 Å². The summed E-state index contributed by atoms with van der Waals surface area (Å²) in [5, 5.41) is 2.92. The highest BCUT2D eigenvalue weighted by atomic mass is 32.3. The van der Waals surface area contributed by atoms with Gasteiger partial charge in [-0.2, -0.15) is 4.55 Å². The zero-order valence-corrected chi connectivity index (χ0v) is 26.9. The molecular formula is C33H31N6O5S2+. The molecular weight excluding hydrogens is 625 g/mol. The van der Waals surface area contributed by atoms with Crippen LogP contribution in [0.25, 0.3) is 21.7 Å². The van der Waals surface area contributed by atoms with E-state index in [9.17, 15) is 18.4 Å². The number of fused-ring (bicyclic) bond motifs is 1. The quantitative estimate of drug-likeness (QED) is 0.162. The Kier molecular flexibility index (Phi) is 8.65. The second kappa shape index (κ2) is 12.8. The minimum atomic E-state index is -3.49. The monoisotopic (exact) mass is 655 g/mol. The molecule has 13 heteroatoms. The summed E-state index contributed by atoms with van der Waals surface area (Å²) >= 11 is 1.26. The number of thiophene rings is 1. The summed E-state index contributed by atoms with van der Waals surface area (Å²) in [5.41, 5.74) is 2.39. The Bertz CT molecular complexity index is 2070. The summed E-state index contributed by atoms with van der Waals surface area (Å²) in [6.45, 7) is 2.15. The summed E-state index contributed by atoms with van der Waals surface area (Å²) in [6, 6.07) is 26.3. The lowest BCUT2D eigenvalue weighted by molar-refractivity contribution is 0.0991. The summed E-state index contributed by atoms with van der Waals surface area (Å²) in [4.78, 5) is 38.5. The molecule has 0 aliphatic rings. The third kappa shape index (κ3) is 6.26. The van der Waals surface area contributed by atoms with Crippen molar-refractivity contribution < 1.29 is 22.8 Å². The number of anilines is 2. The second-order valence-corrected chi connectivity index (χ2v) is 13.7. The molecule has 3 aromatic carbocycles. The number of hydrogen-bond donors (Lipinski definition) is 2. The molecule has 3 aromatic heterocycles. The molecule has 11 nitrogen and oxygen atoms in total. The largest absolute Gasteiger partial charge is 0.440 e. The van der Waals surface area contributed by atoms with Gasteiger partial charge in [-0.05, 0) is 58.8 Å². The van der Waals surface area contributed by atoms with Crippen LogP contribution in [0.5, 0.6) is 0 Å². The molecule has 2 amide bonds. The molecule has 2 N–H and O–H groups in total. The van der Waals surface area contributed by atoms with E-state index >= 15 is 0 Å². The average Bonchev–Trinajstić information content (AvgIpc) is 3.82. The van der Waals surface area contributed by atoms with Gasteiger partial charge in [-0.25, -0.2) is 9.97 Å². The number of hydrogen-bond acceptors (Lipinski definition) is 7. The van der Waals surface area contributed by atoms with Crippen LogP contribution in [0.3, 0.4) is 0 Å². The Morgan fingerprint density at radius 2 is 1.72 bits per heavy atom. The summed E-state index contributed by atoms with van der Waals surface area (Å²) in [5.74, 6) is 0.817. The number of benzene rings is 3. The minimum absolute atomic E-state index is 0.167. The second-order valence-electron chi connectivity index (χ2n) is 10.5. The maximum atomic E-state index is 13.4. The first-order valence-electron chi connectivity index (χ1n) is 14.3. The molecule has 0 fully saturated rings. The number of likely N-dealkylation sites (N-methyl/N-ethyl adjacent to an activating group) is 1. The molecule has 0 radical (unpaired) electrons. The first-order valence-corrected chi connectivity index (χ1v) is 16.6. The van der Waals surface area contributed by atoms with Gasteiger partial charge in [0.25, 0.3) is 11.8 Å². The molecule has 0 aliphatic heterocycles. The van der Waals surface area contributed by atoms with Crippen LogP contribution in [0.2, 0.25) is 0 Å². The third-order valence-corrected chi connectivity index (χ3v) is 10.5. The number of oxazole rings is 1. The molecule has 0 saturated heterocycles. The zero-order valence-electron chi connectivity index (χ0n) is 25.3. The number of carbonyl (C=O) groups excluding carboxylic acids is 2. The number of imidazole rings is 1. The molecule has 6 aromatic rings. The maximum Gasteiger partial charge on any atom is 0.325 e. The van der Waals surface area contributed by atoms with Gasteiger partial charge >= 0.3 is 10.4 Å². The lowest BCUT2D eigenvalue weighted by atomic mass is 10.2. The SMILES string of the molecule is Cc1ncc(-c2ccc(C(=O)Nc3nc4cc(N(C)C(=O)c5ccccc5)ccc4n3CCN(C)[S+](=O)(O)c3ccccc3)s2)o1. The zero-order chi connectivity index (χ0) is 32.4. The topological polar surface area (TPSA) is 134 Å². The predicted molar refractivity (Wildman–Crippen MR) is 179 cm³/mol. The van der Waals surface area contributed by atoms with Gasteiger partial charge < -0.3 is 13.9 Å². The van der Waals surface area contributed by atoms with E-state index < -0.39 is 10.4 Å². The Balaban J connectivity index is 1.31. The molecule has 0 bridgehead atoms. The van der Waals surface area contributed by atoms with Crippen LogP contribution >= 0.6 is 11.3 Å².